The minimum Gasteiger partial charge on any atom is -0.380 e. The lowest BCUT2D eigenvalue weighted by Gasteiger charge is -2.15. The Morgan fingerprint density at radius 3 is 2.81 bits per heavy atom. The molecule has 2 heterocycles. The minimum atomic E-state index is -0.00660. The fourth-order valence-electron chi connectivity index (χ4n) is 3.37. The summed E-state index contributed by atoms with van der Waals surface area (Å²) in [6, 6.07) is 7.95. The topological polar surface area (TPSA) is 92.4 Å². The predicted octanol–water partition coefficient (Wildman–Crippen LogP) is 0.682. The van der Waals surface area contributed by atoms with Crippen molar-refractivity contribution in [3.63, 3.8) is 0 Å². The molecule has 0 aliphatic carbocycles. The summed E-state index contributed by atoms with van der Waals surface area (Å²) in [5.41, 5.74) is 3.02. The second-order valence-electron chi connectivity index (χ2n) is 6.45. The Bertz CT molecular complexity index is 707. The van der Waals surface area contributed by atoms with Gasteiger partial charge in [-0.25, -0.2) is 0 Å². The lowest BCUT2D eigenvalue weighted by molar-refractivity contribution is -0.122. The number of methoxy groups -OCH3 is 2. The summed E-state index contributed by atoms with van der Waals surface area (Å²) in [7, 11) is 3.36. The van der Waals surface area contributed by atoms with E-state index in [-0.39, 0.29) is 17.9 Å². The number of aromatic nitrogens is 3. The highest BCUT2D eigenvalue weighted by Crippen LogP contribution is 2.27. The normalized spacial score (nSPS) is 20.4. The molecule has 1 aliphatic rings. The van der Waals surface area contributed by atoms with Gasteiger partial charge < -0.3 is 14.8 Å². The summed E-state index contributed by atoms with van der Waals surface area (Å²) in [6.45, 7) is 2.78. The summed E-state index contributed by atoms with van der Waals surface area (Å²) < 4.78 is 10.8. The Balaban J connectivity index is 1.52. The van der Waals surface area contributed by atoms with E-state index in [9.17, 15) is 4.79 Å². The van der Waals surface area contributed by atoms with Crippen LogP contribution in [0, 0.1) is 0 Å². The fourth-order valence-corrected chi connectivity index (χ4v) is 3.37. The van der Waals surface area contributed by atoms with Gasteiger partial charge >= 0.3 is 0 Å². The number of carbonyl (C=O) groups excluding carboxylic acids is 1. The van der Waals surface area contributed by atoms with E-state index in [0.717, 1.165) is 23.4 Å². The van der Waals surface area contributed by atoms with Crippen LogP contribution in [-0.2, 0) is 27.4 Å². The molecule has 1 aliphatic heterocycles. The molecule has 1 amide bonds. The van der Waals surface area contributed by atoms with E-state index in [1.165, 1.54) is 0 Å². The van der Waals surface area contributed by atoms with Gasteiger partial charge in [-0.05, 0) is 11.1 Å². The van der Waals surface area contributed by atoms with Crippen molar-refractivity contribution in [2.24, 2.45) is 0 Å². The fraction of sp³-hybridized carbons (Fsp3) is 0.500. The standard InChI is InChI=1S/C18H25N5O3/c1-25-12-14-6-4-3-5-13(14)7-19-18(24)11-23-9-15(17(10-23)26-2)16-8-20-22-21-16/h3-6,8,15,17H,7,9-12H2,1-2H3,(H,19,24)(H,20,21,22)/t15-,17+/m0/s1. The van der Waals surface area contributed by atoms with Crippen molar-refractivity contribution >= 4 is 5.91 Å². The molecule has 1 aromatic heterocycles. The second kappa shape index (κ2) is 8.88. The lowest BCUT2D eigenvalue weighted by atomic mass is 10.0. The Morgan fingerprint density at radius 2 is 2.12 bits per heavy atom. The SMILES string of the molecule is COCc1ccccc1CNC(=O)CN1C[C@@H](OC)[C@H](c2cn[nH]n2)C1. The van der Waals surface area contributed by atoms with Crippen LogP contribution in [-0.4, -0.2) is 66.2 Å². The summed E-state index contributed by atoms with van der Waals surface area (Å²) in [5.74, 6) is 0.113. The molecular weight excluding hydrogens is 334 g/mol. The van der Waals surface area contributed by atoms with Crippen LogP contribution in [0.3, 0.4) is 0 Å². The number of aromatic amines is 1. The number of rotatable bonds is 8. The monoisotopic (exact) mass is 359 g/mol. The third-order valence-electron chi connectivity index (χ3n) is 4.72. The zero-order chi connectivity index (χ0) is 18.4. The van der Waals surface area contributed by atoms with E-state index in [2.05, 4.69) is 25.6 Å². The average Bonchev–Trinajstić information content (AvgIpc) is 3.30. The van der Waals surface area contributed by atoms with Crippen molar-refractivity contribution in [2.45, 2.75) is 25.2 Å². The van der Waals surface area contributed by atoms with Gasteiger partial charge in [0.25, 0.3) is 0 Å². The van der Waals surface area contributed by atoms with Gasteiger partial charge in [0.1, 0.15) is 0 Å². The quantitative estimate of drug-likeness (QED) is 0.720. The van der Waals surface area contributed by atoms with Crippen molar-refractivity contribution in [1.82, 2.24) is 25.6 Å². The van der Waals surface area contributed by atoms with Crippen LogP contribution >= 0.6 is 0 Å². The molecule has 1 saturated heterocycles. The molecule has 26 heavy (non-hydrogen) atoms. The number of likely N-dealkylation sites (tertiary alicyclic amines) is 1. The lowest BCUT2D eigenvalue weighted by Crippen LogP contribution is -2.36. The maximum atomic E-state index is 12.4. The highest BCUT2D eigenvalue weighted by atomic mass is 16.5. The number of nitrogens with one attached hydrogen (secondary N) is 2. The van der Waals surface area contributed by atoms with E-state index in [1.54, 1.807) is 20.4 Å². The van der Waals surface area contributed by atoms with Gasteiger partial charge in [0.15, 0.2) is 0 Å². The molecule has 0 bridgehead atoms. The van der Waals surface area contributed by atoms with Crippen molar-refractivity contribution in [3.05, 3.63) is 47.3 Å². The molecule has 2 N–H and O–H groups in total. The first kappa shape index (κ1) is 18.5. The largest absolute Gasteiger partial charge is 0.380 e. The average molecular weight is 359 g/mol. The first-order valence-electron chi connectivity index (χ1n) is 8.64. The van der Waals surface area contributed by atoms with Crippen molar-refractivity contribution in [2.75, 3.05) is 33.9 Å². The zero-order valence-electron chi connectivity index (χ0n) is 15.1. The van der Waals surface area contributed by atoms with Crippen LogP contribution in [0.5, 0.6) is 0 Å². The van der Waals surface area contributed by atoms with E-state index in [0.29, 0.717) is 26.2 Å². The maximum absolute atomic E-state index is 12.4. The minimum absolute atomic E-state index is 0.00660. The number of carbonyl (C=O) groups is 1. The maximum Gasteiger partial charge on any atom is 0.234 e. The van der Waals surface area contributed by atoms with Gasteiger partial charge in [0.2, 0.25) is 5.91 Å². The molecule has 1 fully saturated rings. The van der Waals surface area contributed by atoms with Crippen molar-refractivity contribution in [1.29, 1.82) is 0 Å². The van der Waals surface area contributed by atoms with Gasteiger partial charge in [-0.3, -0.25) is 9.69 Å². The van der Waals surface area contributed by atoms with Crippen molar-refractivity contribution in [3.8, 4) is 0 Å². The summed E-state index contributed by atoms with van der Waals surface area (Å²) in [5, 5.41) is 13.7. The van der Waals surface area contributed by atoms with Gasteiger partial charge in [0.05, 0.1) is 31.1 Å². The van der Waals surface area contributed by atoms with E-state index >= 15 is 0 Å². The molecule has 3 rings (SSSR count). The molecule has 8 heteroatoms. The van der Waals surface area contributed by atoms with Gasteiger partial charge in [-0.2, -0.15) is 15.4 Å². The number of nitrogens with zero attached hydrogens (tertiary/aromatic N) is 3. The molecule has 2 atom stereocenters. The van der Waals surface area contributed by atoms with Crippen LogP contribution in [0.15, 0.2) is 30.5 Å². The molecule has 2 aromatic rings. The van der Waals surface area contributed by atoms with Gasteiger partial charge in [-0.15, -0.1) is 0 Å². The number of hydrogen-bond acceptors (Lipinski definition) is 6. The van der Waals surface area contributed by atoms with Crippen molar-refractivity contribution < 1.29 is 14.3 Å². The van der Waals surface area contributed by atoms with Crippen LogP contribution in [0.25, 0.3) is 0 Å². The summed E-state index contributed by atoms with van der Waals surface area (Å²) in [6.07, 6.45) is 1.72. The first-order chi connectivity index (χ1) is 12.7. The Morgan fingerprint density at radius 1 is 1.31 bits per heavy atom. The highest BCUT2D eigenvalue weighted by Gasteiger charge is 2.36. The zero-order valence-corrected chi connectivity index (χ0v) is 15.1. The molecule has 1 aromatic carbocycles. The van der Waals surface area contributed by atoms with Gasteiger partial charge in [-0.1, -0.05) is 24.3 Å². The van der Waals surface area contributed by atoms with E-state index in [4.69, 9.17) is 9.47 Å². The number of benzene rings is 1. The number of amides is 1. The van der Waals surface area contributed by atoms with E-state index in [1.807, 2.05) is 24.3 Å². The molecule has 8 nitrogen and oxygen atoms in total. The summed E-state index contributed by atoms with van der Waals surface area (Å²) >= 11 is 0. The number of ether oxygens (including phenoxy) is 2. The van der Waals surface area contributed by atoms with Crippen LogP contribution in [0.4, 0.5) is 0 Å². The predicted molar refractivity (Wildman–Crippen MR) is 95.4 cm³/mol. The highest BCUT2D eigenvalue weighted by molar-refractivity contribution is 5.78. The Kier molecular flexibility index (Phi) is 6.32. The third kappa shape index (κ3) is 4.46. The molecule has 0 spiro atoms. The van der Waals surface area contributed by atoms with E-state index < -0.39 is 0 Å². The van der Waals surface area contributed by atoms with Crippen LogP contribution in [0.1, 0.15) is 22.7 Å². The number of hydrogen-bond donors (Lipinski definition) is 2. The molecule has 0 saturated carbocycles. The third-order valence-corrected chi connectivity index (χ3v) is 4.72. The molecule has 0 unspecified atom stereocenters. The Labute approximate surface area is 152 Å². The smallest absolute Gasteiger partial charge is 0.234 e. The number of H-pyrrole nitrogens is 1. The molecule has 140 valence electrons. The first-order valence-corrected chi connectivity index (χ1v) is 8.64. The van der Waals surface area contributed by atoms with Crippen LogP contribution < -0.4 is 5.32 Å². The van der Waals surface area contributed by atoms with Crippen LogP contribution in [0.2, 0.25) is 0 Å². The summed E-state index contributed by atoms with van der Waals surface area (Å²) in [4.78, 5) is 14.5. The molecule has 0 radical (unpaired) electrons. The Hall–Kier alpha value is -2.29. The molecular formula is C18H25N5O3. The second-order valence-corrected chi connectivity index (χ2v) is 6.45. The van der Waals surface area contributed by atoms with Gasteiger partial charge in [0, 0.05) is 39.8 Å².